The Bertz CT molecular complexity index is 213. The van der Waals surface area contributed by atoms with E-state index in [0.717, 1.165) is 32.4 Å². The van der Waals surface area contributed by atoms with Crippen molar-refractivity contribution in [3.63, 3.8) is 0 Å². The van der Waals surface area contributed by atoms with Crippen LogP contribution in [0.2, 0.25) is 0 Å². The molecule has 1 aliphatic rings. The first-order valence-electron chi connectivity index (χ1n) is 7.71. The number of nitrogens with one attached hydrogen (secondary N) is 1. The van der Waals surface area contributed by atoms with Crippen LogP contribution in [0.3, 0.4) is 0 Å². The molecule has 3 heteroatoms. The van der Waals surface area contributed by atoms with Gasteiger partial charge in [-0.25, -0.2) is 0 Å². The summed E-state index contributed by atoms with van der Waals surface area (Å²) in [4.78, 5) is 11.4. The van der Waals surface area contributed by atoms with E-state index in [9.17, 15) is 4.79 Å². The molecule has 0 bridgehead atoms. The smallest absolute Gasteiger partial charge is 0.219 e. The van der Waals surface area contributed by atoms with E-state index in [0.29, 0.717) is 12.5 Å². The monoisotopic (exact) mass is 255 g/mol. The molecule has 3 nitrogen and oxygen atoms in total. The van der Waals surface area contributed by atoms with Crippen molar-refractivity contribution >= 4 is 5.91 Å². The molecule has 0 spiro atoms. The van der Waals surface area contributed by atoms with E-state index in [1.165, 1.54) is 38.5 Å². The molecule has 106 valence electrons. The molecule has 1 amide bonds. The molecule has 0 aromatic heterocycles. The number of ether oxygens (including phenoxy) is 1. The fourth-order valence-corrected chi connectivity index (χ4v) is 2.41. The van der Waals surface area contributed by atoms with Crippen LogP contribution in [0.5, 0.6) is 0 Å². The third-order valence-corrected chi connectivity index (χ3v) is 3.56. The van der Waals surface area contributed by atoms with Crippen molar-refractivity contribution in [1.82, 2.24) is 5.32 Å². The molecule has 1 saturated carbocycles. The summed E-state index contributed by atoms with van der Waals surface area (Å²) in [5, 5.41) is 2.96. The molecule has 1 rings (SSSR count). The first kappa shape index (κ1) is 15.5. The Morgan fingerprint density at radius 2 is 1.94 bits per heavy atom. The van der Waals surface area contributed by atoms with E-state index in [4.69, 9.17) is 4.74 Å². The second kappa shape index (κ2) is 10.4. The summed E-state index contributed by atoms with van der Waals surface area (Å²) in [6, 6.07) is 0. The lowest BCUT2D eigenvalue weighted by Gasteiger charge is -2.21. The van der Waals surface area contributed by atoms with Gasteiger partial charge in [-0.1, -0.05) is 39.0 Å². The van der Waals surface area contributed by atoms with Gasteiger partial charge in [-0.3, -0.25) is 4.79 Å². The van der Waals surface area contributed by atoms with Gasteiger partial charge in [0.2, 0.25) is 5.91 Å². The molecular formula is C15H29NO2. The quantitative estimate of drug-likeness (QED) is 0.641. The molecule has 0 radical (unpaired) electrons. The van der Waals surface area contributed by atoms with E-state index in [2.05, 4.69) is 12.2 Å². The van der Waals surface area contributed by atoms with Gasteiger partial charge in [-0.05, 0) is 25.7 Å². The third-order valence-electron chi connectivity index (χ3n) is 3.56. The standard InChI is InChI=1S/C15H29NO2/c1-2-3-5-11-15(17)16-12-8-13-18-14-9-6-4-7-10-14/h14H,2-13H2,1H3,(H,16,17). The minimum atomic E-state index is 0.195. The van der Waals surface area contributed by atoms with Gasteiger partial charge in [0.05, 0.1) is 6.10 Å². The number of hydrogen-bond acceptors (Lipinski definition) is 2. The molecule has 0 aromatic rings. The van der Waals surface area contributed by atoms with Crippen molar-refractivity contribution in [2.45, 2.75) is 77.2 Å². The van der Waals surface area contributed by atoms with E-state index in [1.807, 2.05) is 0 Å². The van der Waals surface area contributed by atoms with Gasteiger partial charge in [-0.15, -0.1) is 0 Å². The van der Waals surface area contributed by atoms with Crippen LogP contribution in [0.1, 0.15) is 71.1 Å². The summed E-state index contributed by atoms with van der Waals surface area (Å²) in [5.74, 6) is 0.195. The maximum atomic E-state index is 11.4. The van der Waals surface area contributed by atoms with Gasteiger partial charge in [0.15, 0.2) is 0 Å². The second-order valence-corrected chi connectivity index (χ2v) is 5.29. The zero-order valence-electron chi connectivity index (χ0n) is 11.9. The van der Waals surface area contributed by atoms with E-state index in [1.54, 1.807) is 0 Å². The molecular weight excluding hydrogens is 226 g/mol. The van der Waals surface area contributed by atoms with Crippen molar-refractivity contribution in [2.24, 2.45) is 0 Å². The molecule has 0 heterocycles. The lowest BCUT2D eigenvalue weighted by atomic mass is 9.98. The zero-order valence-corrected chi connectivity index (χ0v) is 11.9. The lowest BCUT2D eigenvalue weighted by molar-refractivity contribution is -0.121. The van der Waals surface area contributed by atoms with Crippen LogP contribution in [0, 0.1) is 0 Å². The summed E-state index contributed by atoms with van der Waals surface area (Å²) in [5.41, 5.74) is 0. The number of unbranched alkanes of at least 4 members (excludes halogenated alkanes) is 2. The molecule has 0 unspecified atom stereocenters. The SMILES string of the molecule is CCCCCC(=O)NCCCOC1CCCCC1. The summed E-state index contributed by atoms with van der Waals surface area (Å²) in [6.45, 7) is 3.71. The van der Waals surface area contributed by atoms with Crippen molar-refractivity contribution in [3.8, 4) is 0 Å². The Kier molecular flexibility index (Phi) is 8.92. The Hall–Kier alpha value is -0.570. The summed E-state index contributed by atoms with van der Waals surface area (Å²) >= 11 is 0. The second-order valence-electron chi connectivity index (χ2n) is 5.29. The number of carbonyl (C=O) groups is 1. The first-order valence-corrected chi connectivity index (χ1v) is 7.71. The molecule has 0 atom stereocenters. The van der Waals surface area contributed by atoms with Gasteiger partial charge in [0.1, 0.15) is 0 Å². The minimum Gasteiger partial charge on any atom is -0.378 e. The Balaban J connectivity index is 1.86. The largest absolute Gasteiger partial charge is 0.378 e. The normalized spacial score (nSPS) is 16.7. The van der Waals surface area contributed by atoms with Crippen LogP contribution >= 0.6 is 0 Å². The fraction of sp³-hybridized carbons (Fsp3) is 0.933. The summed E-state index contributed by atoms with van der Waals surface area (Å²) in [6.07, 6.45) is 11.9. The Morgan fingerprint density at radius 1 is 1.17 bits per heavy atom. The van der Waals surface area contributed by atoms with Crippen molar-refractivity contribution in [1.29, 1.82) is 0 Å². The highest BCUT2D eigenvalue weighted by atomic mass is 16.5. The Morgan fingerprint density at radius 3 is 2.67 bits per heavy atom. The van der Waals surface area contributed by atoms with E-state index >= 15 is 0 Å². The van der Waals surface area contributed by atoms with Crippen LogP contribution < -0.4 is 5.32 Å². The van der Waals surface area contributed by atoms with Crippen LogP contribution in [-0.2, 0) is 9.53 Å². The fourth-order valence-electron chi connectivity index (χ4n) is 2.41. The first-order chi connectivity index (χ1) is 8.83. The predicted molar refractivity (Wildman–Crippen MR) is 74.6 cm³/mol. The highest BCUT2D eigenvalue weighted by Gasteiger charge is 2.12. The number of hydrogen-bond donors (Lipinski definition) is 1. The van der Waals surface area contributed by atoms with Crippen molar-refractivity contribution < 1.29 is 9.53 Å². The van der Waals surface area contributed by atoms with Crippen LogP contribution in [0.4, 0.5) is 0 Å². The van der Waals surface area contributed by atoms with Crippen molar-refractivity contribution in [2.75, 3.05) is 13.2 Å². The maximum Gasteiger partial charge on any atom is 0.219 e. The van der Waals surface area contributed by atoms with E-state index < -0.39 is 0 Å². The van der Waals surface area contributed by atoms with Gasteiger partial charge in [-0.2, -0.15) is 0 Å². The van der Waals surface area contributed by atoms with Crippen LogP contribution in [-0.4, -0.2) is 25.2 Å². The minimum absolute atomic E-state index is 0.195. The Labute approximate surface area is 112 Å². The highest BCUT2D eigenvalue weighted by Crippen LogP contribution is 2.20. The number of rotatable bonds is 9. The molecule has 0 saturated heterocycles. The van der Waals surface area contributed by atoms with Crippen LogP contribution in [0.25, 0.3) is 0 Å². The predicted octanol–water partition coefficient (Wildman–Crippen LogP) is 3.42. The average Bonchev–Trinajstić information content (AvgIpc) is 2.40. The molecule has 0 aromatic carbocycles. The molecule has 1 fully saturated rings. The topological polar surface area (TPSA) is 38.3 Å². The van der Waals surface area contributed by atoms with Gasteiger partial charge >= 0.3 is 0 Å². The lowest BCUT2D eigenvalue weighted by Crippen LogP contribution is -2.26. The summed E-state index contributed by atoms with van der Waals surface area (Å²) in [7, 11) is 0. The highest BCUT2D eigenvalue weighted by molar-refractivity contribution is 5.75. The summed E-state index contributed by atoms with van der Waals surface area (Å²) < 4.78 is 5.81. The zero-order chi connectivity index (χ0) is 13.1. The van der Waals surface area contributed by atoms with Crippen LogP contribution in [0.15, 0.2) is 0 Å². The average molecular weight is 255 g/mol. The number of amides is 1. The molecule has 18 heavy (non-hydrogen) atoms. The van der Waals surface area contributed by atoms with E-state index in [-0.39, 0.29) is 5.91 Å². The molecule has 0 aliphatic heterocycles. The van der Waals surface area contributed by atoms with Gasteiger partial charge in [0.25, 0.3) is 0 Å². The third kappa shape index (κ3) is 7.70. The number of carbonyl (C=O) groups excluding carboxylic acids is 1. The maximum absolute atomic E-state index is 11.4. The van der Waals surface area contributed by atoms with Gasteiger partial charge in [0, 0.05) is 19.6 Å². The molecule has 1 N–H and O–H groups in total. The van der Waals surface area contributed by atoms with Gasteiger partial charge < -0.3 is 10.1 Å². The van der Waals surface area contributed by atoms with Crippen molar-refractivity contribution in [3.05, 3.63) is 0 Å². The molecule has 1 aliphatic carbocycles.